The van der Waals surface area contributed by atoms with Crippen molar-refractivity contribution in [3.8, 4) is 0 Å². The third kappa shape index (κ3) is 1.33. The standard InChI is InChI=1S/C8H15N3O/c9-8(10-12)11-4-3-7(5-11)6-1-2-6/h6-7,12H,1-5H2,(H2,9,10). The van der Waals surface area contributed by atoms with Crippen LogP contribution in [0.2, 0.25) is 0 Å². The van der Waals surface area contributed by atoms with E-state index in [9.17, 15) is 0 Å². The molecule has 1 aliphatic carbocycles. The molecular formula is C8H15N3O. The van der Waals surface area contributed by atoms with Gasteiger partial charge in [0.2, 0.25) is 5.96 Å². The smallest absolute Gasteiger partial charge is 0.233 e. The third-order valence-electron chi connectivity index (χ3n) is 2.94. The minimum Gasteiger partial charge on any atom is -0.408 e. The Kier molecular flexibility index (Phi) is 1.83. The summed E-state index contributed by atoms with van der Waals surface area (Å²) in [6.07, 6.45) is 3.98. The molecule has 3 N–H and O–H groups in total. The number of hydrogen-bond acceptors (Lipinski definition) is 2. The highest BCUT2D eigenvalue weighted by Gasteiger charge is 2.36. The highest BCUT2D eigenvalue weighted by molar-refractivity contribution is 5.77. The maximum absolute atomic E-state index is 8.46. The molecule has 0 radical (unpaired) electrons. The average Bonchev–Trinajstić information content (AvgIpc) is 2.83. The quantitative estimate of drug-likeness (QED) is 0.259. The van der Waals surface area contributed by atoms with Crippen molar-refractivity contribution < 1.29 is 5.21 Å². The molecule has 0 aromatic heterocycles. The SMILES string of the molecule is N/C(=N\O)N1CCC(C2CC2)C1. The second kappa shape index (κ2) is 2.84. The molecule has 0 aromatic rings. The molecule has 2 aliphatic rings. The zero-order valence-electron chi connectivity index (χ0n) is 7.11. The van der Waals surface area contributed by atoms with Crippen LogP contribution in [0.3, 0.4) is 0 Å². The molecule has 2 fully saturated rings. The van der Waals surface area contributed by atoms with E-state index in [0.717, 1.165) is 24.9 Å². The number of guanidine groups is 1. The highest BCUT2D eigenvalue weighted by atomic mass is 16.4. The van der Waals surface area contributed by atoms with Crippen LogP contribution in [0.1, 0.15) is 19.3 Å². The number of nitrogens with zero attached hydrogens (tertiary/aromatic N) is 2. The first-order chi connectivity index (χ1) is 5.81. The molecule has 0 bridgehead atoms. The van der Waals surface area contributed by atoms with E-state index >= 15 is 0 Å². The van der Waals surface area contributed by atoms with E-state index in [1.165, 1.54) is 19.3 Å². The zero-order valence-corrected chi connectivity index (χ0v) is 7.11. The molecule has 68 valence electrons. The predicted octanol–water partition coefficient (Wildman–Crippen LogP) is 0.422. The number of rotatable bonds is 1. The number of oxime groups is 1. The first-order valence-electron chi connectivity index (χ1n) is 4.53. The van der Waals surface area contributed by atoms with Crippen LogP contribution in [-0.4, -0.2) is 29.2 Å². The fourth-order valence-electron chi connectivity index (χ4n) is 2.01. The summed E-state index contributed by atoms with van der Waals surface area (Å²) in [4.78, 5) is 1.96. The molecule has 2 rings (SSSR count). The Morgan fingerprint density at radius 1 is 1.33 bits per heavy atom. The van der Waals surface area contributed by atoms with E-state index < -0.39 is 0 Å². The molecule has 1 aliphatic heterocycles. The van der Waals surface area contributed by atoms with E-state index in [0.29, 0.717) is 0 Å². The van der Waals surface area contributed by atoms with Gasteiger partial charge in [-0.3, -0.25) is 0 Å². The molecule has 0 spiro atoms. The summed E-state index contributed by atoms with van der Waals surface area (Å²) in [6.45, 7) is 1.94. The van der Waals surface area contributed by atoms with Gasteiger partial charge in [-0.2, -0.15) is 0 Å². The van der Waals surface area contributed by atoms with Gasteiger partial charge in [0.15, 0.2) is 0 Å². The summed E-state index contributed by atoms with van der Waals surface area (Å²) < 4.78 is 0. The van der Waals surface area contributed by atoms with Crippen LogP contribution in [0, 0.1) is 11.8 Å². The lowest BCUT2D eigenvalue weighted by molar-refractivity contribution is 0.303. The molecule has 0 aromatic carbocycles. The second-order valence-electron chi connectivity index (χ2n) is 3.79. The predicted molar refractivity (Wildman–Crippen MR) is 45.8 cm³/mol. The van der Waals surface area contributed by atoms with Crippen molar-refractivity contribution in [3.63, 3.8) is 0 Å². The Morgan fingerprint density at radius 2 is 2.08 bits per heavy atom. The van der Waals surface area contributed by atoms with E-state index in [4.69, 9.17) is 10.9 Å². The van der Waals surface area contributed by atoms with Gasteiger partial charge in [-0.05, 0) is 31.1 Å². The molecular weight excluding hydrogens is 154 g/mol. The minimum atomic E-state index is 0.276. The fraction of sp³-hybridized carbons (Fsp3) is 0.875. The van der Waals surface area contributed by atoms with E-state index in [1.54, 1.807) is 0 Å². The summed E-state index contributed by atoms with van der Waals surface area (Å²) in [6, 6.07) is 0. The summed E-state index contributed by atoms with van der Waals surface area (Å²) >= 11 is 0. The van der Waals surface area contributed by atoms with Crippen LogP contribution in [0.5, 0.6) is 0 Å². The van der Waals surface area contributed by atoms with Crippen molar-refractivity contribution in [2.45, 2.75) is 19.3 Å². The normalized spacial score (nSPS) is 31.2. The topological polar surface area (TPSA) is 61.9 Å². The van der Waals surface area contributed by atoms with Crippen LogP contribution in [0.15, 0.2) is 5.16 Å². The molecule has 12 heavy (non-hydrogen) atoms. The van der Waals surface area contributed by atoms with Gasteiger partial charge in [-0.1, -0.05) is 5.16 Å². The molecule has 1 unspecified atom stereocenters. The van der Waals surface area contributed by atoms with Crippen LogP contribution in [0.25, 0.3) is 0 Å². The van der Waals surface area contributed by atoms with Gasteiger partial charge in [-0.15, -0.1) is 0 Å². The molecule has 4 nitrogen and oxygen atoms in total. The van der Waals surface area contributed by atoms with Crippen molar-refractivity contribution in [3.05, 3.63) is 0 Å². The molecule has 1 atom stereocenters. The second-order valence-corrected chi connectivity index (χ2v) is 3.79. The van der Waals surface area contributed by atoms with Crippen LogP contribution >= 0.6 is 0 Å². The molecule has 1 saturated carbocycles. The van der Waals surface area contributed by atoms with Gasteiger partial charge in [0.05, 0.1) is 0 Å². The van der Waals surface area contributed by atoms with Gasteiger partial charge in [0.1, 0.15) is 0 Å². The van der Waals surface area contributed by atoms with E-state index in [2.05, 4.69) is 5.16 Å². The summed E-state index contributed by atoms with van der Waals surface area (Å²) in [5.74, 6) is 2.00. The first-order valence-corrected chi connectivity index (χ1v) is 4.53. The number of likely N-dealkylation sites (tertiary alicyclic amines) is 1. The van der Waals surface area contributed by atoms with Crippen molar-refractivity contribution in [2.75, 3.05) is 13.1 Å². The summed E-state index contributed by atoms with van der Waals surface area (Å²) in [5.41, 5.74) is 5.49. The van der Waals surface area contributed by atoms with Gasteiger partial charge in [0.25, 0.3) is 0 Å². The summed E-state index contributed by atoms with van der Waals surface area (Å²) in [7, 11) is 0. The average molecular weight is 169 g/mol. The third-order valence-corrected chi connectivity index (χ3v) is 2.94. The Labute approximate surface area is 72.0 Å². The van der Waals surface area contributed by atoms with Gasteiger partial charge < -0.3 is 15.8 Å². The Balaban J connectivity index is 1.88. The van der Waals surface area contributed by atoms with Crippen LogP contribution in [0.4, 0.5) is 0 Å². The van der Waals surface area contributed by atoms with Crippen molar-refractivity contribution in [1.82, 2.24) is 4.90 Å². The lowest BCUT2D eigenvalue weighted by Crippen LogP contribution is -2.35. The van der Waals surface area contributed by atoms with Gasteiger partial charge in [0, 0.05) is 13.1 Å². The molecule has 0 amide bonds. The lowest BCUT2D eigenvalue weighted by Gasteiger charge is -2.15. The summed E-state index contributed by atoms with van der Waals surface area (Å²) in [5, 5.41) is 11.5. The molecule has 1 saturated heterocycles. The highest BCUT2D eigenvalue weighted by Crippen LogP contribution is 2.41. The maximum Gasteiger partial charge on any atom is 0.233 e. The lowest BCUT2D eigenvalue weighted by atomic mass is 10.0. The van der Waals surface area contributed by atoms with Crippen molar-refractivity contribution in [2.24, 2.45) is 22.7 Å². The molecule has 4 heteroatoms. The molecule has 1 heterocycles. The van der Waals surface area contributed by atoms with E-state index in [-0.39, 0.29) is 5.96 Å². The Morgan fingerprint density at radius 3 is 2.67 bits per heavy atom. The Bertz CT molecular complexity index is 200. The van der Waals surface area contributed by atoms with Crippen LogP contribution < -0.4 is 5.73 Å². The number of nitrogens with two attached hydrogens (primary N) is 1. The largest absolute Gasteiger partial charge is 0.408 e. The van der Waals surface area contributed by atoms with Gasteiger partial charge in [-0.25, -0.2) is 0 Å². The monoisotopic (exact) mass is 169 g/mol. The maximum atomic E-state index is 8.46. The Hall–Kier alpha value is -0.930. The van der Waals surface area contributed by atoms with Gasteiger partial charge >= 0.3 is 0 Å². The van der Waals surface area contributed by atoms with Crippen LogP contribution in [-0.2, 0) is 0 Å². The fourth-order valence-corrected chi connectivity index (χ4v) is 2.01. The zero-order chi connectivity index (χ0) is 8.55. The number of hydrogen-bond donors (Lipinski definition) is 2. The first kappa shape index (κ1) is 7.71. The minimum absolute atomic E-state index is 0.276. The van der Waals surface area contributed by atoms with Crippen molar-refractivity contribution in [1.29, 1.82) is 0 Å². The van der Waals surface area contributed by atoms with Crippen molar-refractivity contribution >= 4 is 5.96 Å². The van der Waals surface area contributed by atoms with E-state index in [1.807, 2.05) is 4.90 Å².